The highest BCUT2D eigenvalue weighted by Gasteiger charge is 2.19. The minimum Gasteiger partial charge on any atom is -0.326 e. The number of halogens is 1. The quantitative estimate of drug-likeness (QED) is 0.630. The lowest BCUT2D eigenvalue weighted by Crippen LogP contribution is -2.33. The molecule has 0 aliphatic heterocycles. The molecule has 0 bridgehead atoms. The van der Waals surface area contributed by atoms with E-state index in [2.05, 4.69) is 15.7 Å². The summed E-state index contributed by atoms with van der Waals surface area (Å²) >= 11 is 0. The Balaban J connectivity index is 1.90. The fraction of sp³-hybridized carbons (Fsp3) is 0.217. The zero-order chi connectivity index (χ0) is 22.5. The number of nitrogens with one attached hydrogen (secondary N) is 2. The van der Waals surface area contributed by atoms with Crippen molar-refractivity contribution in [2.75, 3.05) is 10.6 Å². The number of para-hydroxylation sites is 1. The lowest BCUT2D eigenvalue weighted by Gasteiger charge is -2.16. The van der Waals surface area contributed by atoms with E-state index in [-0.39, 0.29) is 11.6 Å². The number of carbonyl (C=O) groups is 2. The second-order valence-electron chi connectivity index (χ2n) is 7.08. The first kappa shape index (κ1) is 21.9. The van der Waals surface area contributed by atoms with Gasteiger partial charge in [-0.2, -0.15) is 5.10 Å². The molecule has 31 heavy (non-hydrogen) atoms. The van der Waals surface area contributed by atoms with E-state index in [0.717, 1.165) is 10.2 Å². The highest BCUT2D eigenvalue weighted by Crippen LogP contribution is 2.24. The van der Waals surface area contributed by atoms with Gasteiger partial charge in [0, 0.05) is 23.7 Å². The van der Waals surface area contributed by atoms with Crippen molar-refractivity contribution in [3.8, 4) is 11.3 Å². The number of hydrogen-bond donors (Lipinski definition) is 2. The van der Waals surface area contributed by atoms with E-state index >= 15 is 0 Å². The molecule has 0 saturated carbocycles. The molecular weight excluding hydrogens is 399 g/mol. The molecule has 3 aromatic rings. The number of hydrogen-bond acceptors (Lipinski definition) is 4. The third-order valence-corrected chi connectivity index (χ3v) is 4.83. The molecule has 1 heterocycles. The molecule has 1 unspecified atom stereocenters. The third-order valence-electron chi connectivity index (χ3n) is 4.83. The van der Waals surface area contributed by atoms with Crippen LogP contribution in [-0.4, -0.2) is 21.6 Å². The summed E-state index contributed by atoms with van der Waals surface area (Å²) in [6.45, 7) is 5.15. The van der Waals surface area contributed by atoms with Gasteiger partial charge in [0.2, 0.25) is 11.8 Å². The molecule has 0 saturated heterocycles. The third kappa shape index (κ3) is 5.03. The normalized spacial score (nSPS) is 11.6. The second kappa shape index (κ2) is 9.34. The topological polar surface area (TPSA) is 93.1 Å². The van der Waals surface area contributed by atoms with Crippen LogP contribution in [0.5, 0.6) is 0 Å². The van der Waals surface area contributed by atoms with Crippen molar-refractivity contribution >= 4 is 23.2 Å². The first-order chi connectivity index (χ1) is 14.8. The van der Waals surface area contributed by atoms with Gasteiger partial charge in [-0.05, 0) is 43.7 Å². The maximum absolute atomic E-state index is 13.8. The van der Waals surface area contributed by atoms with Gasteiger partial charge in [-0.3, -0.25) is 14.4 Å². The summed E-state index contributed by atoms with van der Waals surface area (Å²) in [4.78, 5) is 36.7. The van der Waals surface area contributed by atoms with Gasteiger partial charge in [-0.1, -0.05) is 31.2 Å². The average molecular weight is 422 g/mol. The van der Waals surface area contributed by atoms with Gasteiger partial charge in [0.05, 0.1) is 11.4 Å². The molecule has 0 aliphatic carbocycles. The Kier molecular flexibility index (Phi) is 6.59. The number of benzene rings is 2. The van der Waals surface area contributed by atoms with Crippen LogP contribution in [0.2, 0.25) is 0 Å². The number of carbonyl (C=O) groups excluding carboxylic acids is 2. The molecule has 160 valence electrons. The number of aryl methyl sites for hydroxylation is 1. The molecule has 0 spiro atoms. The van der Waals surface area contributed by atoms with Crippen LogP contribution in [0.3, 0.4) is 0 Å². The Labute approximate surface area is 178 Å². The van der Waals surface area contributed by atoms with Crippen molar-refractivity contribution < 1.29 is 14.0 Å². The lowest BCUT2D eigenvalue weighted by atomic mass is 10.1. The summed E-state index contributed by atoms with van der Waals surface area (Å²) in [5, 5.41) is 9.65. The summed E-state index contributed by atoms with van der Waals surface area (Å²) in [6.07, 6.45) is 0.349. The standard InChI is InChI=1S/C23H23FN4O3/c1-4-21(29)25-20-13-16(10-9-14(20)2)18-11-12-22(30)28(27-18)15(3)23(31)26-19-8-6-5-7-17(19)24/h5-13,15H,4H2,1-3H3,(H,25,29)(H,26,31). The molecule has 2 N–H and O–H groups in total. The molecule has 1 aromatic heterocycles. The van der Waals surface area contributed by atoms with E-state index in [1.165, 1.54) is 31.2 Å². The van der Waals surface area contributed by atoms with Gasteiger partial charge in [0.25, 0.3) is 5.56 Å². The summed E-state index contributed by atoms with van der Waals surface area (Å²) in [7, 11) is 0. The zero-order valence-corrected chi connectivity index (χ0v) is 17.5. The predicted octanol–water partition coefficient (Wildman–Crippen LogP) is 3.91. The molecule has 8 heteroatoms. The summed E-state index contributed by atoms with van der Waals surface area (Å²) < 4.78 is 14.9. The Morgan fingerprint density at radius 1 is 1.06 bits per heavy atom. The van der Waals surface area contributed by atoms with Crippen molar-refractivity contribution in [3.05, 3.63) is 76.3 Å². The van der Waals surface area contributed by atoms with Crippen molar-refractivity contribution in [1.29, 1.82) is 0 Å². The molecular formula is C23H23FN4O3. The number of rotatable bonds is 6. The molecule has 0 aliphatic rings. The molecule has 2 amide bonds. The monoisotopic (exact) mass is 422 g/mol. The first-order valence-corrected chi connectivity index (χ1v) is 9.86. The van der Waals surface area contributed by atoms with E-state index in [1.807, 2.05) is 19.1 Å². The molecule has 2 aromatic carbocycles. The van der Waals surface area contributed by atoms with Crippen molar-refractivity contribution in [2.45, 2.75) is 33.2 Å². The molecule has 7 nitrogen and oxygen atoms in total. The van der Waals surface area contributed by atoms with Crippen LogP contribution in [0.4, 0.5) is 15.8 Å². The van der Waals surface area contributed by atoms with Gasteiger partial charge in [-0.25, -0.2) is 9.07 Å². The van der Waals surface area contributed by atoms with Crippen LogP contribution >= 0.6 is 0 Å². The van der Waals surface area contributed by atoms with Gasteiger partial charge < -0.3 is 10.6 Å². The number of aromatic nitrogens is 2. The Hall–Kier alpha value is -3.81. The number of amides is 2. The number of nitrogens with zero attached hydrogens (tertiary/aromatic N) is 2. The maximum atomic E-state index is 13.8. The van der Waals surface area contributed by atoms with Gasteiger partial charge >= 0.3 is 0 Å². The lowest BCUT2D eigenvalue weighted by molar-refractivity contribution is -0.119. The molecule has 3 rings (SSSR count). The molecule has 0 radical (unpaired) electrons. The highest BCUT2D eigenvalue weighted by atomic mass is 19.1. The van der Waals surface area contributed by atoms with E-state index in [4.69, 9.17) is 0 Å². The van der Waals surface area contributed by atoms with Gasteiger partial charge in [0.15, 0.2) is 0 Å². The van der Waals surface area contributed by atoms with Gasteiger partial charge in [0.1, 0.15) is 11.9 Å². The van der Waals surface area contributed by atoms with Crippen LogP contribution in [0, 0.1) is 12.7 Å². The fourth-order valence-electron chi connectivity index (χ4n) is 2.92. The Morgan fingerprint density at radius 2 is 1.81 bits per heavy atom. The summed E-state index contributed by atoms with van der Waals surface area (Å²) in [5.74, 6) is -1.26. The van der Waals surface area contributed by atoms with E-state index in [0.29, 0.717) is 23.4 Å². The zero-order valence-electron chi connectivity index (χ0n) is 17.5. The SMILES string of the molecule is CCC(=O)Nc1cc(-c2ccc(=O)n(C(C)C(=O)Nc3ccccc3F)n2)ccc1C. The predicted molar refractivity (Wildman–Crippen MR) is 117 cm³/mol. The fourth-order valence-corrected chi connectivity index (χ4v) is 2.92. The van der Waals surface area contributed by atoms with Gasteiger partial charge in [-0.15, -0.1) is 0 Å². The summed E-state index contributed by atoms with van der Waals surface area (Å²) in [5.41, 5.74) is 2.22. The Bertz CT molecular complexity index is 1190. The molecule has 0 fully saturated rings. The largest absolute Gasteiger partial charge is 0.326 e. The number of anilines is 2. The highest BCUT2D eigenvalue weighted by molar-refractivity contribution is 5.93. The minimum atomic E-state index is -0.975. The van der Waals surface area contributed by atoms with E-state index < -0.39 is 23.3 Å². The average Bonchev–Trinajstić information content (AvgIpc) is 2.76. The minimum absolute atomic E-state index is 0.0263. The van der Waals surface area contributed by atoms with Crippen LogP contribution < -0.4 is 16.2 Å². The molecule has 1 atom stereocenters. The van der Waals surface area contributed by atoms with Crippen LogP contribution in [0.15, 0.2) is 59.4 Å². The van der Waals surface area contributed by atoms with Crippen molar-refractivity contribution in [2.24, 2.45) is 0 Å². The first-order valence-electron chi connectivity index (χ1n) is 9.86. The second-order valence-corrected chi connectivity index (χ2v) is 7.08. The Morgan fingerprint density at radius 3 is 2.52 bits per heavy atom. The summed E-state index contributed by atoms with van der Waals surface area (Å²) in [6, 6.07) is 13.1. The van der Waals surface area contributed by atoms with Crippen molar-refractivity contribution in [1.82, 2.24) is 9.78 Å². The van der Waals surface area contributed by atoms with Crippen LogP contribution in [0.1, 0.15) is 31.9 Å². The van der Waals surface area contributed by atoms with Crippen LogP contribution in [-0.2, 0) is 9.59 Å². The van der Waals surface area contributed by atoms with Crippen molar-refractivity contribution in [3.63, 3.8) is 0 Å². The maximum Gasteiger partial charge on any atom is 0.267 e. The van der Waals surface area contributed by atoms with E-state index in [1.54, 1.807) is 25.1 Å². The smallest absolute Gasteiger partial charge is 0.267 e. The van der Waals surface area contributed by atoms with E-state index in [9.17, 15) is 18.8 Å². The van der Waals surface area contributed by atoms with Crippen LogP contribution in [0.25, 0.3) is 11.3 Å².